The lowest BCUT2D eigenvalue weighted by molar-refractivity contribution is 0.135. The van der Waals surface area contributed by atoms with Crippen LogP contribution >= 0.6 is 15.9 Å². The van der Waals surface area contributed by atoms with Gasteiger partial charge in [0.1, 0.15) is 0 Å². The van der Waals surface area contributed by atoms with Gasteiger partial charge in [0.25, 0.3) is 0 Å². The zero-order valence-corrected chi connectivity index (χ0v) is 10.4. The van der Waals surface area contributed by atoms with Crippen molar-refractivity contribution >= 4 is 15.9 Å². The van der Waals surface area contributed by atoms with Crippen molar-refractivity contribution in [3.8, 4) is 0 Å². The highest BCUT2D eigenvalue weighted by atomic mass is 79.9. The lowest BCUT2D eigenvalue weighted by Gasteiger charge is -2.20. The van der Waals surface area contributed by atoms with Crippen molar-refractivity contribution in [3.05, 3.63) is 34.3 Å². The molecule has 15 heavy (non-hydrogen) atoms. The van der Waals surface area contributed by atoms with E-state index >= 15 is 0 Å². The minimum Gasteiger partial charge on any atom is -0.387 e. The van der Waals surface area contributed by atoms with Gasteiger partial charge in [-0.25, -0.2) is 0 Å². The number of rotatable bonds is 4. The van der Waals surface area contributed by atoms with Gasteiger partial charge in [0, 0.05) is 16.6 Å². The summed E-state index contributed by atoms with van der Waals surface area (Å²) in [6.07, 6.45) is 2.08. The van der Waals surface area contributed by atoms with Gasteiger partial charge in [-0.05, 0) is 37.5 Å². The predicted molar refractivity (Wildman–Crippen MR) is 64.7 cm³/mol. The fraction of sp³-hybridized carbons (Fsp3) is 0.500. The van der Waals surface area contributed by atoms with E-state index in [0.29, 0.717) is 6.04 Å². The highest BCUT2D eigenvalue weighted by Gasteiger charge is 2.26. The van der Waals surface area contributed by atoms with Crippen molar-refractivity contribution in [1.82, 2.24) is 5.32 Å². The minimum absolute atomic E-state index is 0.124. The second-order valence-electron chi connectivity index (χ2n) is 4.23. The average molecular weight is 270 g/mol. The third-order valence-corrected chi connectivity index (χ3v) is 3.29. The summed E-state index contributed by atoms with van der Waals surface area (Å²) in [5.41, 5.74) is 0.971. The van der Waals surface area contributed by atoms with Gasteiger partial charge >= 0.3 is 0 Å². The fourth-order valence-corrected chi connectivity index (χ4v) is 1.93. The maximum Gasteiger partial charge on any atom is 0.0940 e. The summed E-state index contributed by atoms with van der Waals surface area (Å²) >= 11 is 3.38. The van der Waals surface area contributed by atoms with Crippen molar-refractivity contribution in [1.29, 1.82) is 0 Å². The van der Waals surface area contributed by atoms with Crippen LogP contribution in [0, 0.1) is 0 Å². The molecule has 1 aromatic rings. The van der Waals surface area contributed by atoms with E-state index in [1.807, 2.05) is 31.2 Å². The number of halogens is 1. The van der Waals surface area contributed by atoms with E-state index in [9.17, 15) is 5.11 Å². The molecular weight excluding hydrogens is 254 g/mol. The molecule has 3 heteroatoms. The monoisotopic (exact) mass is 269 g/mol. The van der Waals surface area contributed by atoms with Crippen molar-refractivity contribution < 1.29 is 5.11 Å². The maximum absolute atomic E-state index is 10.1. The molecule has 0 amide bonds. The summed E-state index contributed by atoms with van der Waals surface area (Å²) in [4.78, 5) is 0. The topological polar surface area (TPSA) is 32.3 Å². The summed E-state index contributed by atoms with van der Waals surface area (Å²) in [5, 5.41) is 13.5. The largest absolute Gasteiger partial charge is 0.387 e. The van der Waals surface area contributed by atoms with Crippen LogP contribution in [0.1, 0.15) is 31.4 Å². The molecule has 1 aliphatic carbocycles. The van der Waals surface area contributed by atoms with Gasteiger partial charge < -0.3 is 10.4 Å². The Kier molecular flexibility index (Phi) is 3.44. The second-order valence-corrected chi connectivity index (χ2v) is 5.14. The van der Waals surface area contributed by atoms with E-state index in [1.54, 1.807) is 0 Å². The van der Waals surface area contributed by atoms with E-state index in [2.05, 4.69) is 21.2 Å². The molecule has 2 atom stereocenters. The van der Waals surface area contributed by atoms with Crippen LogP contribution in [0.2, 0.25) is 0 Å². The van der Waals surface area contributed by atoms with Gasteiger partial charge in [0.2, 0.25) is 0 Å². The highest BCUT2D eigenvalue weighted by molar-refractivity contribution is 9.10. The molecule has 0 aliphatic heterocycles. The molecule has 2 N–H and O–H groups in total. The van der Waals surface area contributed by atoms with Crippen LogP contribution in [0.4, 0.5) is 0 Å². The van der Waals surface area contributed by atoms with Crippen molar-refractivity contribution in [2.75, 3.05) is 0 Å². The van der Waals surface area contributed by atoms with Crippen molar-refractivity contribution in [2.45, 2.75) is 38.0 Å². The van der Waals surface area contributed by atoms with Crippen LogP contribution < -0.4 is 5.32 Å². The van der Waals surface area contributed by atoms with Crippen molar-refractivity contribution in [3.63, 3.8) is 0 Å². The number of hydrogen-bond acceptors (Lipinski definition) is 2. The van der Waals surface area contributed by atoms with Crippen LogP contribution in [0.15, 0.2) is 28.7 Å². The predicted octanol–water partition coefficient (Wildman–Crippen LogP) is 2.62. The summed E-state index contributed by atoms with van der Waals surface area (Å²) in [6, 6.07) is 8.59. The molecule has 1 aliphatic rings. The Balaban J connectivity index is 1.98. The van der Waals surface area contributed by atoms with Crippen LogP contribution in [0.25, 0.3) is 0 Å². The standard InChI is InChI=1S/C12H16BrNO/c1-8(14-11-6-7-11)12(15)9-2-4-10(13)5-3-9/h2-5,8,11-12,14-15H,6-7H2,1H3. The van der Waals surface area contributed by atoms with Crippen LogP contribution in [0.5, 0.6) is 0 Å². The summed E-state index contributed by atoms with van der Waals surface area (Å²) in [5.74, 6) is 0. The Morgan fingerprint density at radius 3 is 2.47 bits per heavy atom. The maximum atomic E-state index is 10.1. The fourth-order valence-electron chi connectivity index (χ4n) is 1.66. The highest BCUT2D eigenvalue weighted by Crippen LogP contribution is 2.24. The first-order chi connectivity index (χ1) is 7.16. The molecule has 1 fully saturated rings. The normalized spacial score (nSPS) is 19.9. The van der Waals surface area contributed by atoms with Crippen LogP contribution in [-0.4, -0.2) is 17.2 Å². The number of hydrogen-bond donors (Lipinski definition) is 2. The quantitative estimate of drug-likeness (QED) is 0.881. The summed E-state index contributed by atoms with van der Waals surface area (Å²) in [7, 11) is 0. The first kappa shape index (κ1) is 11.1. The Bertz CT molecular complexity index is 321. The molecule has 0 saturated heterocycles. The van der Waals surface area contributed by atoms with E-state index in [1.165, 1.54) is 12.8 Å². The van der Waals surface area contributed by atoms with Crippen LogP contribution in [0.3, 0.4) is 0 Å². The van der Waals surface area contributed by atoms with Gasteiger partial charge in [-0.3, -0.25) is 0 Å². The molecule has 82 valence electrons. The van der Waals surface area contributed by atoms with E-state index in [0.717, 1.165) is 10.0 Å². The number of benzene rings is 1. The molecule has 1 saturated carbocycles. The average Bonchev–Trinajstić information content (AvgIpc) is 3.02. The zero-order chi connectivity index (χ0) is 10.8. The van der Waals surface area contributed by atoms with E-state index in [4.69, 9.17) is 0 Å². The first-order valence-electron chi connectivity index (χ1n) is 5.36. The van der Waals surface area contributed by atoms with Gasteiger partial charge in [0.05, 0.1) is 6.10 Å². The number of aliphatic hydroxyl groups is 1. The lowest BCUT2D eigenvalue weighted by Crippen LogP contribution is -2.33. The second kappa shape index (κ2) is 4.64. The smallest absolute Gasteiger partial charge is 0.0940 e. The molecule has 0 bridgehead atoms. The molecule has 0 radical (unpaired) electrons. The van der Waals surface area contributed by atoms with E-state index < -0.39 is 6.10 Å². The lowest BCUT2D eigenvalue weighted by atomic mass is 10.0. The number of nitrogens with one attached hydrogen (secondary N) is 1. The minimum atomic E-state index is -0.418. The Labute approximate surface area is 98.8 Å². The van der Waals surface area contributed by atoms with Crippen molar-refractivity contribution in [2.24, 2.45) is 0 Å². The first-order valence-corrected chi connectivity index (χ1v) is 6.15. The molecule has 0 spiro atoms. The SMILES string of the molecule is CC(NC1CC1)C(O)c1ccc(Br)cc1. The summed E-state index contributed by atoms with van der Waals surface area (Å²) in [6.45, 7) is 2.03. The van der Waals surface area contributed by atoms with Gasteiger partial charge in [-0.1, -0.05) is 28.1 Å². The zero-order valence-electron chi connectivity index (χ0n) is 8.78. The molecular formula is C12H16BrNO. The Morgan fingerprint density at radius 2 is 1.93 bits per heavy atom. The Morgan fingerprint density at radius 1 is 1.33 bits per heavy atom. The number of aliphatic hydroxyl groups excluding tert-OH is 1. The van der Waals surface area contributed by atoms with Crippen LogP contribution in [-0.2, 0) is 0 Å². The molecule has 2 nitrogen and oxygen atoms in total. The molecule has 0 aromatic heterocycles. The van der Waals surface area contributed by atoms with Gasteiger partial charge in [-0.15, -0.1) is 0 Å². The van der Waals surface area contributed by atoms with E-state index in [-0.39, 0.29) is 6.04 Å². The summed E-state index contributed by atoms with van der Waals surface area (Å²) < 4.78 is 1.04. The van der Waals surface area contributed by atoms with Gasteiger partial charge in [-0.2, -0.15) is 0 Å². The third-order valence-electron chi connectivity index (χ3n) is 2.76. The molecule has 2 rings (SSSR count). The molecule has 0 heterocycles. The van der Waals surface area contributed by atoms with Gasteiger partial charge in [0.15, 0.2) is 0 Å². The third kappa shape index (κ3) is 3.03. The molecule has 1 aromatic carbocycles. The Hall–Kier alpha value is -0.380. The molecule has 2 unspecified atom stereocenters.